The second-order valence-electron chi connectivity index (χ2n) is 13.6. The molecule has 4 saturated heterocycles. The van der Waals surface area contributed by atoms with E-state index < -0.39 is 17.8 Å². The van der Waals surface area contributed by atoms with Gasteiger partial charge in [0.25, 0.3) is 11.8 Å². The number of hydrogen-bond donors (Lipinski definition) is 1. The molecule has 2 aromatic carbocycles. The zero-order valence-corrected chi connectivity index (χ0v) is 28.1. The van der Waals surface area contributed by atoms with Crippen molar-refractivity contribution in [2.45, 2.75) is 43.8 Å². The van der Waals surface area contributed by atoms with Crippen molar-refractivity contribution in [3.8, 4) is 11.1 Å². The highest BCUT2D eigenvalue weighted by Crippen LogP contribution is 2.35. The molecular weight excluding hydrogens is 637 g/mol. The summed E-state index contributed by atoms with van der Waals surface area (Å²) < 4.78 is 15.0. The average molecular weight is 680 g/mol. The molecule has 0 aromatic heterocycles. The molecule has 7 rings (SSSR count). The lowest BCUT2D eigenvalue weighted by molar-refractivity contribution is -0.141. The van der Waals surface area contributed by atoms with Crippen molar-refractivity contribution in [1.82, 2.24) is 29.8 Å². The quantitative estimate of drug-likeness (QED) is 0.517. The second kappa shape index (κ2) is 13.7. The minimum absolute atomic E-state index is 0.00764. The largest absolute Gasteiger partial charge is 0.339 e. The lowest BCUT2D eigenvalue weighted by Gasteiger charge is -2.43. The van der Waals surface area contributed by atoms with Gasteiger partial charge in [0, 0.05) is 55.9 Å². The van der Waals surface area contributed by atoms with E-state index in [9.17, 15) is 19.2 Å². The maximum Gasteiger partial charge on any atom is 0.256 e. The summed E-state index contributed by atoms with van der Waals surface area (Å²) >= 11 is 6.00. The maximum atomic E-state index is 15.0. The number of carbonyl (C=O) groups excluding carboxylic acids is 4. The molecule has 0 radical (unpaired) electrons. The van der Waals surface area contributed by atoms with Crippen LogP contribution in [0.15, 0.2) is 36.4 Å². The van der Waals surface area contributed by atoms with Crippen LogP contribution in [0.3, 0.4) is 0 Å². The number of anilines is 1. The molecule has 5 heterocycles. The lowest BCUT2D eigenvalue weighted by Crippen LogP contribution is -2.63. The Morgan fingerprint density at radius 1 is 0.896 bits per heavy atom. The molecule has 2 atom stereocenters. The van der Waals surface area contributed by atoms with Crippen LogP contribution in [-0.2, 0) is 14.4 Å². The fraction of sp³-hybridized carbons (Fsp3) is 0.543. The Labute approximate surface area is 285 Å². The molecule has 0 aliphatic carbocycles. The van der Waals surface area contributed by atoms with Crippen molar-refractivity contribution in [2.24, 2.45) is 0 Å². The van der Waals surface area contributed by atoms with Gasteiger partial charge in [-0.25, -0.2) is 4.39 Å². The van der Waals surface area contributed by atoms with E-state index >= 15 is 4.39 Å². The maximum absolute atomic E-state index is 15.0. The van der Waals surface area contributed by atoms with Crippen LogP contribution in [-0.4, -0.2) is 145 Å². The molecule has 13 heteroatoms. The SMILES string of the molecule is CN1CCN(C(=O)CN2C(=O)[C@H]3CN(C(=O)[C@@H]4CCCN4C4CCNCC4)CCN3C(=O)c3cc(-c4ccc(Cl)cc4F)ccc32)CC1. The Kier molecular flexibility index (Phi) is 9.43. The molecule has 1 N–H and O–H groups in total. The fourth-order valence-corrected chi connectivity index (χ4v) is 8.18. The zero-order chi connectivity index (χ0) is 33.5. The Morgan fingerprint density at radius 2 is 1.65 bits per heavy atom. The first-order chi connectivity index (χ1) is 23.2. The van der Waals surface area contributed by atoms with Gasteiger partial charge in [0.05, 0.1) is 23.8 Å². The van der Waals surface area contributed by atoms with Crippen LogP contribution in [0.2, 0.25) is 5.02 Å². The van der Waals surface area contributed by atoms with Crippen LogP contribution in [0, 0.1) is 5.82 Å². The van der Waals surface area contributed by atoms with E-state index in [2.05, 4.69) is 15.1 Å². The number of piperidine rings is 1. The molecule has 5 aliphatic heterocycles. The Balaban J connectivity index is 1.19. The Hall–Kier alpha value is -3.58. The van der Waals surface area contributed by atoms with Crippen molar-refractivity contribution in [3.05, 3.63) is 52.8 Å². The molecular formula is C35H43ClFN7O4. The number of hydrogen-bond acceptors (Lipinski definition) is 7. The summed E-state index contributed by atoms with van der Waals surface area (Å²) in [6.45, 7) is 5.64. The number of fused-ring (bicyclic) bond motifs is 2. The number of nitrogens with zero attached hydrogens (tertiary/aromatic N) is 6. The van der Waals surface area contributed by atoms with Gasteiger partial charge in [-0.15, -0.1) is 0 Å². The van der Waals surface area contributed by atoms with Crippen molar-refractivity contribution >= 4 is 40.9 Å². The van der Waals surface area contributed by atoms with Crippen molar-refractivity contribution < 1.29 is 23.6 Å². The normalized spacial score (nSPS) is 24.5. The summed E-state index contributed by atoms with van der Waals surface area (Å²) in [5.74, 6) is -1.50. The smallest absolute Gasteiger partial charge is 0.256 e. The van der Waals surface area contributed by atoms with E-state index in [1.165, 1.54) is 15.9 Å². The topological polar surface area (TPSA) is 99.8 Å². The minimum atomic E-state index is -0.952. The van der Waals surface area contributed by atoms with Crippen LogP contribution >= 0.6 is 11.6 Å². The molecule has 256 valence electrons. The first kappa shape index (κ1) is 32.9. The number of likely N-dealkylation sites (tertiary alicyclic amines) is 1. The van der Waals surface area contributed by atoms with E-state index in [4.69, 9.17) is 11.6 Å². The molecule has 0 unspecified atom stereocenters. The third-order valence-corrected chi connectivity index (χ3v) is 11.0. The highest BCUT2D eigenvalue weighted by Gasteiger charge is 2.46. The fourth-order valence-electron chi connectivity index (χ4n) is 8.02. The van der Waals surface area contributed by atoms with E-state index in [0.29, 0.717) is 36.9 Å². The number of amides is 4. The van der Waals surface area contributed by atoms with Gasteiger partial charge < -0.3 is 29.8 Å². The van der Waals surface area contributed by atoms with Gasteiger partial charge in [-0.3, -0.25) is 24.1 Å². The summed E-state index contributed by atoms with van der Waals surface area (Å²) in [4.78, 5) is 67.5. The number of piperazine rings is 2. The number of rotatable bonds is 5. The number of nitrogens with one attached hydrogen (secondary N) is 1. The zero-order valence-electron chi connectivity index (χ0n) is 27.4. The van der Waals surface area contributed by atoms with Gasteiger partial charge in [-0.05, 0) is 88.3 Å². The van der Waals surface area contributed by atoms with Gasteiger partial charge in [-0.1, -0.05) is 17.7 Å². The average Bonchev–Trinajstić information content (AvgIpc) is 3.58. The summed E-state index contributed by atoms with van der Waals surface area (Å²) in [7, 11) is 2.00. The van der Waals surface area contributed by atoms with Crippen LogP contribution in [0.25, 0.3) is 11.1 Å². The molecule has 4 fully saturated rings. The summed E-state index contributed by atoms with van der Waals surface area (Å²) in [5.41, 5.74) is 1.26. The molecule has 48 heavy (non-hydrogen) atoms. The van der Waals surface area contributed by atoms with E-state index in [0.717, 1.165) is 58.4 Å². The Morgan fingerprint density at radius 3 is 2.40 bits per heavy atom. The third-order valence-electron chi connectivity index (χ3n) is 10.8. The van der Waals surface area contributed by atoms with E-state index in [1.807, 2.05) is 7.05 Å². The predicted molar refractivity (Wildman–Crippen MR) is 180 cm³/mol. The molecule has 0 saturated carbocycles. The van der Waals surface area contributed by atoms with Gasteiger partial charge >= 0.3 is 0 Å². The minimum Gasteiger partial charge on any atom is -0.339 e. The molecule has 11 nitrogen and oxygen atoms in total. The second-order valence-corrected chi connectivity index (χ2v) is 14.1. The van der Waals surface area contributed by atoms with Crippen molar-refractivity contribution in [3.63, 3.8) is 0 Å². The monoisotopic (exact) mass is 679 g/mol. The molecule has 2 aromatic rings. The van der Waals surface area contributed by atoms with Gasteiger partial charge in [0.15, 0.2) is 0 Å². The molecule has 0 bridgehead atoms. The number of benzene rings is 2. The molecule has 5 aliphatic rings. The summed E-state index contributed by atoms with van der Waals surface area (Å²) in [6.07, 6.45) is 3.74. The van der Waals surface area contributed by atoms with Crippen LogP contribution in [0.4, 0.5) is 10.1 Å². The highest BCUT2D eigenvalue weighted by atomic mass is 35.5. The molecule has 0 spiro atoms. The summed E-state index contributed by atoms with van der Waals surface area (Å²) in [6, 6.07) is 8.42. The predicted octanol–water partition coefficient (Wildman–Crippen LogP) is 2.14. The van der Waals surface area contributed by atoms with Crippen molar-refractivity contribution in [1.29, 1.82) is 0 Å². The first-order valence-electron chi connectivity index (χ1n) is 17.1. The van der Waals surface area contributed by atoms with Gasteiger partial charge in [0.1, 0.15) is 18.4 Å². The first-order valence-corrected chi connectivity index (χ1v) is 17.5. The van der Waals surface area contributed by atoms with Crippen molar-refractivity contribution in [2.75, 3.05) is 83.9 Å². The number of likely N-dealkylation sites (N-methyl/N-ethyl adjacent to an activating group) is 1. The van der Waals surface area contributed by atoms with Crippen LogP contribution < -0.4 is 10.2 Å². The van der Waals surface area contributed by atoms with Crippen LogP contribution in [0.1, 0.15) is 36.0 Å². The van der Waals surface area contributed by atoms with E-state index in [1.54, 1.807) is 40.1 Å². The molecule has 4 amide bonds. The van der Waals surface area contributed by atoms with Gasteiger partial charge in [-0.2, -0.15) is 0 Å². The summed E-state index contributed by atoms with van der Waals surface area (Å²) in [5, 5.41) is 3.66. The van der Waals surface area contributed by atoms with E-state index in [-0.39, 0.29) is 59.5 Å². The van der Waals surface area contributed by atoms with Crippen LogP contribution in [0.5, 0.6) is 0 Å². The standard InChI is InChI=1S/C35H43ClFN7O4/c1-39-13-15-40(16-14-39)32(45)22-44-29-7-4-23(26-6-5-24(36)20-28(26)37)19-27(29)33(46)43-18-17-41(21-31(43)35(44)48)34(47)30-3-2-12-42(30)25-8-10-38-11-9-25/h4-7,19-20,25,30-31,38H,2-3,8-18,21-22H2,1H3/t30-,31+/m0/s1. The highest BCUT2D eigenvalue weighted by molar-refractivity contribution is 6.30. The number of carbonyl (C=O) groups is 4. The van der Waals surface area contributed by atoms with Gasteiger partial charge in [0.2, 0.25) is 11.8 Å². The third kappa shape index (κ3) is 6.31. The number of halogens is 2. The Bertz CT molecular complexity index is 1590. The lowest BCUT2D eigenvalue weighted by atomic mass is 10.00.